The Morgan fingerprint density at radius 1 is 1.42 bits per heavy atom. The molecule has 2 rings (SSSR count). The van der Waals surface area contributed by atoms with E-state index < -0.39 is 30.3 Å². The molecule has 2 aromatic rings. The summed E-state index contributed by atoms with van der Waals surface area (Å²) in [7, 11) is 0. The van der Waals surface area contributed by atoms with Gasteiger partial charge in [0.2, 0.25) is 0 Å². The van der Waals surface area contributed by atoms with E-state index in [9.17, 15) is 14.0 Å². The van der Waals surface area contributed by atoms with Crippen LogP contribution in [0.15, 0.2) is 24.3 Å². The van der Waals surface area contributed by atoms with Gasteiger partial charge in [0, 0.05) is 10.1 Å². The summed E-state index contributed by atoms with van der Waals surface area (Å²) in [5.41, 5.74) is 0. The molecule has 1 heterocycles. The Kier molecular flexibility index (Phi) is 3.77. The van der Waals surface area contributed by atoms with Crippen molar-refractivity contribution < 1.29 is 24.2 Å². The van der Waals surface area contributed by atoms with E-state index >= 15 is 0 Å². The number of carbonyl (C=O) groups excluding carboxylic acids is 1. The molecule has 1 amide bonds. The molecule has 0 saturated heterocycles. The summed E-state index contributed by atoms with van der Waals surface area (Å²) in [6.07, 6.45) is 0. The van der Waals surface area contributed by atoms with Gasteiger partial charge in [-0.2, -0.15) is 0 Å². The number of aliphatic hydroxyl groups is 1. The van der Waals surface area contributed by atoms with E-state index in [1.54, 1.807) is 6.07 Å². The number of hydrogen-bond donors (Lipinski definition) is 3. The Hall–Kier alpha value is -1.99. The highest BCUT2D eigenvalue weighted by Crippen LogP contribution is 2.27. The van der Waals surface area contributed by atoms with Gasteiger partial charge < -0.3 is 15.5 Å². The van der Waals surface area contributed by atoms with Crippen LogP contribution in [-0.4, -0.2) is 34.7 Å². The number of carbonyl (C=O) groups is 2. The predicted octanol–water partition coefficient (Wildman–Crippen LogP) is 1.22. The van der Waals surface area contributed by atoms with Gasteiger partial charge in [-0.05, 0) is 18.2 Å². The summed E-state index contributed by atoms with van der Waals surface area (Å²) >= 11 is 1.06. The topological polar surface area (TPSA) is 86.6 Å². The molecule has 1 aromatic heterocycles. The van der Waals surface area contributed by atoms with Crippen molar-refractivity contribution in [2.24, 2.45) is 0 Å². The zero-order valence-corrected chi connectivity index (χ0v) is 10.4. The third-order valence-electron chi connectivity index (χ3n) is 2.52. The van der Waals surface area contributed by atoms with Crippen LogP contribution in [0.2, 0.25) is 0 Å². The van der Waals surface area contributed by atoms with Crippen molar-refractivity contribution in [3.8, 4) is 0 Å². The number of carboxylic acids is 1. The molecular formula is C12H10FNO4S. The fourth-order valence-corrected chi connectivity index (χ4v) is 2.53. The van der Waals surface area contributed by atoms with Gasteiger partial charge in [-0.25, -0.2) is 9.18 Å². The van der Waals surface area contributed by atoms with Gasteiger partial charge in [0.15, 0.2) is 6.04 Å². The maximum Gasteiger partial charge on any atom is 0.328 e. The van der Waals surface area contributed by atoms with E-state index in [0.717, 1.165) is 11.3 Å². The minimum Gasteiger partial charge on any atom is -0.480 e. The lowest BCUT2D eigenvalue weighted by Crippen LogP contribution is -2.43. The molecule has 0 spiro atoms. The lowest BCUT2D eigenvalue weighted by Gasteiger charge is -2.10. The maximum absolute atomic E-state index is 13.5. The summed E-state index contributed by atoms with van der Waals surface area (Å²) in [4.78, 5) is 22.7. The number of aliphatic carboxylic acids is 1. The number of hydrogen-bond acceptors (Lipinski definition) is 4. The summed E-state index contributed by atoms with van der Waals surface area (Å²) in [6, 6.07) is 4.47. The first-order valence-electron chi connectivity index (χ1n) is 5.35. The molecule has 0 fully saturated rings. The van der Waals surface area contributed by atoms with Gasteiger partial charge in [0.1, 0.15) is 5.82 Å². The molecular weight excluding hydrogens is 273 g/mol. The summed E-state index contributed by atoms with van der Waals surface area (Å²) in [5, 5.41) is 20.0. The van der Waals surface area contributed by atoms with Crippen LogP contribution in [0.3, 0.4) is 0 Å². The molecule has 3 N–H and O–H groups in total. The highest BCUT2D eigenvalue weighted by atomic mass is 32.1. The highest BCUT2D eigenvalue weighted by Gasteiger charge is 2.21. The first-order chi connectivity index (χ1) is 9.02. The summed E-state index contributed by atoms with van der Waals surface area (Å²) < 4.78 is 14.1. The highest BCUT2D eigenvalue weighted by molar-refractivity contribution is 7.20. The van der Waals surface area contributed by atoms with Gasteiger partial charge in [-0.15, -0.1) is 11.3 Å². The Bertz CT molecular complexity index is 640. The molecule has 0 unspecified atom stereocenters. The molecule has 0 aliphatic rings. The van der Waals surface area contributed by atoms with Gasteiger partial charge in [0.25, 0.3) is 5.91 Å². The van der Waals surface area contributed by atoms with Crippen LogP contribution in [-0.2, 0) is 4.79 Å². The SMILES string of the molecule is O=C(N[C@H](CO)C(=O)O)c1cc2c(F)cccc2s1. The number of nitrogens with one attached hydrogen (secondary N) is 1. The van der Waals surface area contributed by atoms with E-state index in [1.807, 2.05) is 0 Å². The zero-order valence-electron chi connectivity index (χ0n) is 9.59. The second-order valence-corrected chi connectivity index (χ2v) is 4.89. The van der Waals surface area contributed by atoms with Gasteiger partial charge in [-0.1, -0.05) is 6.07 Å². The third-order valence-corrected chi connectivity index (χ3v) is 3.62. The predicted molar refractivity (Wildman–Crippen MR) is 67.8 cm³/mol. The normalized spacial score (nSPS) is 12.3. The molecule has 0 aliphatic carbocycles. The summed E-state index contributed by atoms with van der Waals surface area (Å²) in [5.74, 6) is -2.42. The largest absolute Gasteiger partial charge is 0.480 e. The smallest absolute Gasteiger partial charge is 0.328 e. The molecule has 7 heteroatoms. The third kappa shape index (κ3) is 2.72. The second kappa shape index (κ2) is 5.33. The average molecular weight is 283 g/mol. The lowest BCUT2D eigenvalue weighted by molar-refractivity contribution is -0.140. The Labute approximate surface area is 111 Å². The van der Waals surface area contributed by atoms with Gasteiger partial charge >= 0.3 is 5.97 Å². The minimum absolute atomic E-state index is 0.194. The number of fused-ring (bicyclic) bond motifs is 1. The van der Waals surface area contributed by atoms with Gasteiger partial charge in [-0.3, -0.25) is 4.79 Å². The molecule has 1 aromatic carbocycles. The molecule has 100 valence electrons. The second-order valence-electron chi connectivity index (χ2n) is 3.81. The Balaban J connectivity index is 2.27. The van der Waals surface area contributed by atoms with Crippen molar-refractivity contribution in [3.05, 3.63) is 35.0 Å². The quantitative estimate of drug-likeness (QED) is 0.787. The number of benzene rings is 1. The first-order valence-corrected chi connectivity index (χ1v) is 6.17. The van der Waals surface area contributed by atoms with E-state index in [1.165, 1.54) is 18.2 Å². The molecule has 0 radical (unpaired) electrons. The Morgan fingerprint density at radius 2 is 2.16 bits per heavy atom. The number of halogens is 1. The van der Waals surface area contributed by atoms with Crippen LogP contribution in [0.1, 0.15) is 9.67 Å². The van der Waals surface area contributed by atoms with Crippen LogP contribution in [0.4, 0.5) is 4.39 Å². The Morgan fingerprint density at radius 3 is 2.74 bits per heavy atom. The van der Waals surface area contributed by atoms with Crippen molar-refractivity contribution in [3.63, 3.8) is 0 Å². The lowest BCUT2D eigenvalue weighted by atomic mass is 10.2. The molecule has 0 bridgehead atoms. The molecule has 5 nitrogen and oxygen atoms in total. The number of thiophene rings is 1. The molecule has 19 heavy (non-hydrogen) atoms. The zero-order chi connectivity index (χ0) is 14.0. The number of carboxylic acid groups (broad SMARTS) is 1. The van der Waals surface area contributed by atoms with E-state index in [4.69, 9.17) is 10.2 Å². The van der Waals surface area contributed by atoms with Crippen LogP contribution in [0, 0.1) is 5.82 Å². The fourth-order valence-electron chi connectivity index (χ4n) is 1.55. The van der Waals surface area contributed by atoms with Crippen molar-refractivity contribution in [1.29, 1.82) is 0 Å². The average Bonchev–Trinajstić information content (AvgIpc) is 2.80. The van der Waals surface area contributed by atoms with Crippen molar-refractivity contribution in [2.75, 3.05) is 6.61 Å². The maximum atomic E-state index is 13.5. The number of aliphatic hydroxyl groups excluding tert-OH is 1. The van der Waals surface area contributed by atoms with Crippen molar-refractivity contribution >= 4 is 33.3 Å². The van der Waals surface area contributed by atoms with Crippen LogP contribution in [0.25, 0.3) is 10.1 Å². The molecule has 0 aliphatic heterocycles. The van der Waals surface area contributed by atoms with Gasteiger partial charge in [0.05, 0.1) is 11.5 Å². The van der Waals surface area contributed by atoms with E-state index in [2.05, 4.69) is 5.32 Å². The number of amides is 1. The van der Waals surface area contributed by atoms with Crippen LogP contribution < -0.4 is 5.32 Å². The standard InChI is InChI=1S/C12H10FNO4S/c13-7-2-1-3-9-6(7)4-10(19-9)11(16)14-8(5-15)12(17)18/h1-4,8,15H,5H2,(H,14,16)(H,17,18)/t8-/m1/s1. The van der Waals surface area contributed by atoms with Crippen LogP contribution >= 0.6 is 11.3 Å². The van der Waals surface area contributed by atoms with Crippen molar-refractivity contribution in [1.82, 2.24) is 5.32 Å². The van der Waals surface area contributed by atoms with Crippen molar-refractivity contribution in [2.45, 2.75) is 6.04 Å². The monoisotopic (exact) mass is 283 g/mol. The minimum atomic E-state index is -1.37. The molecule has 1 atom stereocenters. The first kappa shape index (κ1) is 13.4. The molecule has 0 saturated carbocycles. The fraction of sp³-hybridized carbons (Fsp3) is 0.167. The van der Waals surface area contributed by atoms with Crippen LogP contribution in [0.5, 0.6) is 0 Å². The summed E-state index contributed by atoms with van der Waals surface area (Å²) in [6.45, 7) is -0.708. The van der Waals surface area contributed by atoms with E-state index in [0.29, 0.717) is 10.1 Å². The van der Waals surface area contributed by atoms with E-state index in [-0.39, 0.29) is 4.88 Å². The number of rotatable bonds is 4.